The summed E-state index contributed by atoms with van der Waals surface area (Å²) >= 11 is 0. The van der Waals surface area contributed by atoms with Gasteiger partial charge in [-0.2, -0.15) is 0 Å². The molecule has 0 amide bonds. The smallest absolute Gasteiger partial charge is 0.00443 e. The van der Waals surface area contributed by atoms with E-state index in [2.05, 4.69) is 58.8 Å². The third kappa shape index (κ3) is 8.62. The highest BCUT2D eigenvalue weighted by atomic mass is 15.1. The molecule has 0 saturated heterocycles. The first-order chi connectivity index (χ1) is 7.79. The van der Waals surface area contributed by atoms with Crippen LogP contribution in [0.25, 0.3) is 0 Å². The molecule has 0 aromatic rings. The molecule has 0 radical (unpaired) electrons. The van der Waals surface area contributed by atoms with E-state index in [4.69, 9.17) is 0 Å². The van der Waals surface area contributed by atoms with Crippen LogP contribution < -0.4 is 5.32 Å². The molecule has 17 heavy (non-hydrogen) atoms. The highest BCUT2D eigenvalue weighted by Gasteiger charge is 2.23. The number of hydrogen-bond acceptors (Lipinski definition) is 2. The zero-order chi connectivity index (χ0) is 13.5. The van der Waals surface area contributed by atoms with E-state index in [-0.39, 0.29) is 0 Å². The molecular formula is C15H34N2. The van der Waals surface area contributed by atoms with E-state index in [0.717, 1.165) is 12.5 Å². The van der Waals surface area contributed by atoms with Crippen molar-refractivity contribution in [1.29, 1.82) is 0 Å². The Morgan fingerprint density at radius 2 is 1.76 bits per heavy atom. The zero-order valence-electron chi connectivity index (χ0n) is 13.1. The van der Waals surface area contributed by atoms with Gasteiger partial charge in [0.2, 0.25) is 0 Å². The Hall–Kier alpha value is -0.0800. The van der Waals surface area contributed by atoms with Gasteiger partial charge in [0.15, 0.2) is 0 Å². The van der Waals surface area contributed by atoms with E-state index >= 15 is 0 Å². The summed E-state index contributed by atoms with van der Waals surface area (Å²) in [5.41, 5.74) is 0.399. The maximum atomic E-state index is 3.58. The van der Waals surface area contributed by atoms with Crippen molar-refractivity contribution in [1.82, 2.24) is 10.2 Å². The van der Waals surface area contributed by atoms with Crippen LogP contribution in [0, 0.1) is 11.3 Å². The second-order valence-electron chi connectivity index (χ2n) is 6.62. The van der Waals surface area contributed by atoms with Gasteiger partial charge in [0.05, 0.1) is 0 Å². The summed E-state index contributed by atoms with van der Waals surface area (Å²) < 4.78 is 0. The van der Waals surface area contributed by atoms with Crippen molar-refractivity contribution in [2.75, 3.05) is 26.7 Å². The minimum atomic E-state index is 0.399. The van der Waals surface area contributed by atoms with Crippen LogP contribution in [-0.2, 0) is 0 Å². The third-order valence-corrected chi connectivity index (χ3v) is 3.53. The van der Waals surface area contributed by atoms with Crippen molar-refractivity contribution < 1.29 is 0 Å². The summed E-state index contributed by atoms with van der Waals surface area (Å²) in [6.07, 6.45) is 2.53. The molecular weight excluding hydrogens is 208 g/mol. The van der Waals surface area contributed by atoms with Gasteiger partial charge in [0.25, 0.3) is 0 Å². The van der Waals surface area contributed by atoms with Gasteiger partial charge < -0.3 is 10.2 Å². The fraction of sp³-hybridized carbons (Fsp3) is 1.00. The molecule has 0 spiro atoms. The Bertz CT molecular complexity index is 189. The summed E-state index contributed by atoms with van der Waals surface area (Å²) in [6, 6.07) is 0.585. The van der Waals surface area contributed by atoms with Crippen molar-refractivity contribution in [3.63, 3.8) is 0 Å². The lowest BCUT2D eigenvalue weighted by atomic mass is 9.86. The molecule has 1 unspecified atom stereocenters. The minimum absolute atomic E-state index is 0.399. The normalized spacial score (nSPS) is 15.9. The molecule has 0 aromatic carbocycles. The van der Waals surface area contributed by atoms with Crippen LogP contribution in [0.5, 0.6) is 0 Å². The molecule has 0 heterocycles. The molecule has 1 atom stereocenters. The second-order valence-corrected chi connectivity index (χ2v) is 6.62. The van der Waals surface area contributed by atoms with Crippen LogP contribution in [0.1, 0.15) is 54.4 Å². The fourth-order valence-electron chi connectivity index (χ4n) is 1.95. The largest absolute Gasteiger partial charge is 0.314 e. The lowest BCUT2D eigenvalue weighted by Crippen LogP contribution is -2.42. The average Bonchev–Trinajstić information content (AvgIpc) is 2.24. The van der Waals surface area contributed by atoms with E-state index in [1.165, 1.54) is 25.9 Å². The zero-order valence-corrected chi connectivity index (χ0v) is 13.1. The van der Waals surface area contributed by atoms with Gasteiger partial charge in [-0.1, -0.05) is 41.5 Å². The summed E-state index contributed by atoms with van der Waals surface area (Å²) in [5.74, 6) is 0.805. The first-order valence-corrected chi connectivity index (χ1v) is 7.21. The molecule has 0 aliphatic carbocycles. The van der Waals surface area contributed by atoms with E-state index in [0.29, 0.717) is 11.5 Å². The summed E-state index contributed by atoms with van der Waals surface area (Å²) in [7, 11) is 2.26. The third-order valence-electron chi connectivity index (χ3n) is 3.53. The first kappa shape index (κ1) is 16.9. The van der Waals surface area contributed by atoms with Crippen LogP contribution in [0.3, 0.4) is 0 Å². The molecule has 0 aliphatic rings. The Morgan fingerprint density at radius 1 is 1.18 bits per heavy atom. The molecule has 2 heteroatoms. The highest BCUT2D eigenvalue weighted by Crippen LogP contribution is 2.21. The van der Waals surface area contributed by atoms with E-state index < -0.39 is 0 Å². The van der Waals surface area contributed by atoms with E-state index in [1.54, 1.807) is 0 Å². The molecule has 0 aliphatic heterocycles. The molecule has 0 saturated carbocycles. The maximum absolute atomic E-state index is 3.58. The summed E-state index contributed by atoms with van der Waals surface area (Å²) in [5, 5.41) is 3.58. The van der Waals surface area contributed by atoms with Crippen molar-refractivity contribution in [3.8, 4) is 0 Å². The Kier molecular flexibility index (Phi) is 8.06. The molecule has 0 bridgehead atoms. The van der Waals surface area contributed by atoms with Crippen LogP contribution in [0.15, 0.2) is 0 Å². The summed E-state index contributed by atoms with van der Waals surface area (Å²) in [4.78, 5) is 2.49. The van der Waals surface area contributed by atoms with Gasteiger partial charge in [-0.05, 0) is 37.8 Å². The van der Waals surface area contributed by atoms with Gasteiger partial charge in [0.1, 0.15) is 0 Å². The van der Waals surface area contributed by atoms with Crippen molar-refractivity contribution in [2.24, 2.45) is 11.3 Å². The second kappa shape index (κ2) is 8.10. The Morgan fingerprint density at radius 3 is 2.18 bits per heavy atom. The Balaban J connectivity index is 4.07. The first-order valence-electron chi connectivity index (χ1n) is 7.21. The predicted molar refractivity (Wildman–Crippen MR) is 78.5 cm³/mol. The molecule has 104 valence electrons. The van der Waals surface area contributed by atoms with Crippen LogP contribution in [0.2, 0.25) is 0 Å². The molecule has 1 N–H and O–H groups in total. The Labute approximate surface area is 109 Å². The number of nitrogens with one attached hydrogen (secondary N) is 1. The SMILES string of the molecule is CCC(C)(CNC(C)C)CN(C)CCC(C)C. The van der Waals surface area contributed by atoms with E-state index in [9.17, 15) is 0 Å². The molecule has 0 aromatic heterocycles. The van der Waals surface area contributed by atoms with Gasteiger partial charge in [-0.15, -0.1) is 0 Å². The van der Waals surface area contributed by atoms with Gasteiger partial charge in [0, 0.05) is 19.1 Å². The monoisotopic (exact) mass is 242 g/mol. The average molecular weight is 242 g/mol. The predicted octanol–water partition coefficient (Wildman–Crippen LogP) is 3.38. The van der Waals surface area contributed by atoms with Crippen LogP contribution in [-0.4, -0.2) is 37.6 Å². The fourth-order valence-corrected chi connectivity index (χ4v) is 1.95. The van der Waals surface area contributed by atoms with Crippen molar-refractivity contribution in [3.05, 3.63) is 0 Å². The van der Waals surface area contributed by atoms with Crippen molar-refractivity contribution >= 4 is 0 Å². The summed E-state index contributed by atoms with van der Waals surface area (Å²) in [6.45, 7) is 17.3. The lowest BCUT2D eigenvalue weighted by molar-refractivity contribution is 0.172. The number of hydrogen-bond donors (Lipinski definition) is 1. The standard InChI is InChI=1S/C15H34N2/c1-8-15(6,11-16-14(4)5)12-17(7)10-9-13(2)3/h13-14,16H,8-12H2,1-7H3. The van der Waals surface area contributed by atoms with Gasteiger partial charge >= 0.3 is 0 Å². The van der Waals surface area contributed by atoms with E-state index in [1.807, 2.05) is 0 Å². The quantitative estimate of drug-likeness (QED) is 0.667. The molecule has 2 nitrogen and oxygen atoms in total. The maximum Gasteiger partial charge on any atom is 0.00443 e. The highest BCUT2D eigenvalue weighted by molar-refractivity contribution is 4.79. The van der Waals surface area contributed by atoms with Crippen LogP contribution in [0.4, 0.5) is 0 Å². The topological polar surface area (TPSA) is 15.3 Å². The lowest BCUT2D eigenvalue weighted by Gasteiger charge is -2.34. The van der Waals surface area contributed by atoms with Crippen LogP contribution >= 0.6 is 0 Å². The van der Waals surface area contributed by atoms with Crippen molar-refractivity contribution in [2.45, 2.75) is 60.4 Å². The number of rotatable bonds is 9. The minimum Gasteiger partial charge on any atom is -0.314 e. The number of nitrogens with zero attached hydrogens (tertiary/aromatic N) is 1. The van der Waals surface area contributed by atoms with Gasteiger partial charge in [-0.25, -0.2) is 0 Å². The molecule has 0 rings (SSSR count). The van der Waals surface area contributed by atoms with Gasteiger partial charge in [-0.3, -0.25) is 0 Å². The molecule has 0 fully saturated rings.